The number of sulfonamides is 1. The van der Waals surface area contributed by atoms with Crippen LogP contribution in [-0.4, -0.2) is 38.0 Å². The Bertz CT molecular complexity index is 589. The van der Waals surface area contributed by atoms with Gasteiger partial charge in [-0.1, -0.05) is 0 Å². The molecule has 19 heavy (non-hydrogen) atoms. The van der Waals surface area contributed by atoms with Gasteiger partial charge in [-0.2, -0.15) is 4.31 Å². The summed E-state index contributed by atoms with van der Waals surface area (Å²) in [6.07, 6.45) is 0. The first-order valence-corrected chi connectivity index (χ1v) is 8.05. The zero-order valence-corrected chi connectivity index (χ0v) is 13.1. The molecule has 0 atom stereocenters. The number of nitrogens with zero attached hydrogens (tertiary/aromatic N) is 1. The summed E-state index contributed by atoms with van der Waals surface area (Å²) in [4.78, 5) is 0.0756. The first kappa shape index (κ1) is 14.9. The molecule has 0 radical (unpaired) electrons. The van der Waals surface area contributed by atoms with Crippen molar-refractivity contribution in [2.75, 3.05) is 19.7 Å². The van der Waals surface area contributed by atoms with Gasteiger partial charge in [-0.25, -0.2) is 12.8 Å². The summed E-state index contributed by atoms with van der Waals surface area (Å²) in [5, 5.41) is 0. The molecule has 0 spiro atoms. The van der Waals surface area contributed by atoms with Crippen molar-refractivity contribution in [1.82, 2.24) is 4.31 Å². The SMILES string of the molecule is CC1(C)CN(S(=O)(=O)c2ccc(F)cc2Br)CCO1. The number of hydrogen-bond acceptors (Lipinski definition) is 3. The molecule has 1 aliphatic heterocycles. The van der Waals surface area contributed by atoms with E-state index in [-0.39, 0.29) is 15.9 Å². The Balaban J connectivity index is 2.37. The molecule has 106 valence electrons. The average Bonchev–Trinajstić information content (AvgIpc) is 2.27. The van der Waals surface area contributed by atoms with Crippen LogP contribution in [-0.2, 0) is 14.8 Å². The molecule has 1 saturated heterocycles. The summed E-state index contributed by atoms with van der Waals surface area (Å²) in [5.74, 6) is -0.479. The molecule has 1 aromatic rings. The summed E-state index contributed by atoms with van der Waals surface area (Å²) < 4.78 is 45.2. The lowest BCUT2D eigenvalue weighted by Crippen LogP contribution is -2.50. The van der Waals surface area contributed by atoms with E-state index in [0.717, 1.165) is 12.1 Å². The van der Waals surface area contributed by atoms with Crippen molar-refractivity contribution >= 4 is 26.0 Å². The van der Waals surface area contributed by atoms with Gasteiger partial charge in [-0.15, -0.1) is 0 Å². The topological polar surface area (TPSA) is 46.6 Å². The van der Waals surface area contributed by atoms with Crippen LogP contribution in [0, 0.1) is 5.82 Å². The van der Waals surface area contributed by atoms with Crippen LogP contribution in [0.2, 0.25) is 0 Å². The molecule has 1 aliphatic rings. The quantitative estimate of drug-likeness (QED) is 0.821. The summed E-state index contributed by atoms with van der Waals surface area (Å²) in [5.41, 5.74) is -0.516. The zero-order valence-electron chi connectivity index (χ0n) is 10.7. The van der Waals surface area contributed by atoms with Gasteiger partial charge < -0.3 is 4.74 Å². The maximum atomic E-state index is 13.0. The maximum absolute atomic E-state index is 13.0. The second-order valence-electron chi connectivity index (χ2n) is 5.02. The Kier molecular flexibility index (Phi) is 4.02. The van der Waals surface area contributed by atoms with Crippen LogP contribution in [0.5, 0.6) is 0 Å². The van der Waals surface area contributed by atoms with Gasteiger partial charge in [0.2, 0.25) is 10.0 Å². The van der Waals surface area contributed by atoms with Crippen LogP contribution in [0.15, 0.2) is 27.6 Å². The molecular weight excluding hydrogens is 337 g/mol. The third-order valence-corrected chi connectivity index (χ3v) is 5.72. The minimum absolute atomic E-state index is 0.0756. The Morgan fingerprint density at radius 2 is 2.11 bits per heavy atom. The lowest BCUT2D eigenvalue weighted by molar-refractivity contribution is -0.0640. The predicted molar refractivity (Wildman–Crippen MR) is 72.9 cm³/mol. The molecule has 0 bridgehead atoms. The first-order chi connectivity index (χ1) is 8.72. The van der Waals surface area contributed by atoms with Crippen molar-refractivity contribution in [3.05, 3.63) is 28.5 Å². The van der Waals surface area contributed by atoms with Crippen molar-refractivity contribution in [1.29, 1.82) is 0 Å². The molecule has 0 N–H and O–H groups in total. The van der Waals surface area contributed by atoms with Gasteiger partial charge in [-0.3, -0.25) is 0 Å². The van der Waals surface area contributed by atoms with E-state index in [1.54, 1.807) is 0 Å². The van der Waals surface area contributed by atoms with E-state index >= 15 is 0 Å². The monoisotopic (exact) mass is 351 g/mol. The average molecular weight is 352 g/mol. The maximum Gasteiger partial charge on any atom is 0.244 e. The van der Waals surface area contributed by atoms with Crippen molar-refractivity contribution in [3.8, 4) is 0 Å². The van der Waals surface area contributed by atoms with Gasteiger partial charge in [0, 0.05) is 17.6 Å². The van der Waals surface area contributed by atoms with Gasteiger partial charge in [0.1, 0.15) is 5.82 Å². The Labute approximate surface area is 120 Å². The smallest absolute Gasteiger partial charge is 0.244 e. The predicted octanol–water partition coefficient (Wildman–Crippen LogP) is 2.39. The molecule has 0 aliphatic carbocycles. The van der Waals surface area contributed by atoms with E-state index < -0.39 is 21.4 Å². The second kappa shape index (κ2) is 5.12. The van der Waals surface area contributed by atoms with Crippen molar-refractivity contribution in [2.24, 2.45) is 0 Å². The van der Waals surface area contributed by atoms with E-state index in [9.17, 15) is 12.8 Å². The molecular formula is C12H15BrFNO3S. The van der Waals surface area contributed by atoms with E-state index in [4.69, 9.17) is 4.74 Å². The molecule has 0 amide bonds. The Morgan fingerprint density at radius 1 is 1.42 bits per heavy atom. The highest BCUT2D eigenvalue weighted by atomic mass is 79.9. The second-order valence-corrected chi connectivity index (χ2v) is 7.78. The summed E-state index contributed by atoms with van der Waals surface area (Å²) in [6, 6.07) is 3.57. The highest BCUT2D eigenvalue weighted by Gasteiger charge is 2.35. The Morgan fingerprint density at radius 3 is 2.68 bits per heavy atom. The fourth-order valence-corrected chi connectivity index (χ4v) is 4.59. The van der Waals surface area contributed by atoms with Crippen LogP contribution >= 0.6 is 15.9 Å². The van der Waals surface area contributed by atoms with Crippen LogP contribution in [0.25, 0.3) is 0 Å². The normalized spacial score (nSPS) is 20.4. The van der Waals surface area contributed by atoms with Crippen LogP contribution < -0.4 is 0 Å². The van der Waals surface area contributed by atoms with Crippen molar-refractivity contribution in [3.63, 3.8) is 0 Å². The minimum atomic E-state index is -3.64. The van der Waals surface area contributed by atoms with Gasteiger partial charge in [0.15, 0.2) is 0 Å². The van der Waals surface area contributed by atoms with Crippen LogP contribution in [0.1, 0.15) is 13.8 Å². The number of hydrogen-bond donors (Lipinski definition) is 0. The highest BCUT2D eigenvalue weighted by molar-refractivity contribution is 9.10. The lowest BCUT2D eigenvalue weighted by atomic mass is 10.1. The van der Waals surface area contributed by atoms with Gasteiger partial charge in [0.05, 0.1) is 17.1 Å². The Hall–Kier alpha value is -0.500. The number of morpholine rings is 1. The summed E-state index contributed by atoms with van der Waals surface area (Å²) >= 11 is 3.10. The van der Waals surface area contributed by atoms with Gasteiger partial charge in [0.25, 0.3) is 0 Å². The van der Waals surface area contributed by atoms with E-state index in [1.807, 2.05) is 13.8 Å². The minimum Gasteiger partial charge on any atom is -0.373 e. The molecule has 1 aromatic carbocycles. The molecule has 1 fully saturated rings. The van der Waals surface area contributed by atoms with Crippen LogP contribution in [0.4, 0.5) is 4.39 Å². The third-order valence-electron chi connectivity index (χ3n) is 2.90. The molecule has 2 rings (SSSR count). The molecule has 0 unspecified atom stereocenters. The van der Waals surface area contributed by atoms with Crippen LogP contribution in [0.3, 0.4) is 0 Å². The van der Waals surface area contributed by atoms with Crippen molar-refractivity contribution in [2.45, 2.75) is 24.3 Å². The molecule has 0 aromatic heterocycles. The van der Waals surface area contributed by atoms with Gasteiger partial charge >= 0.3 is 0 Å². The standard InChI is InChI=1S/C12H15BrFNO3S/c1-12(2)8-15(5-6-18-12)19(16,17)11-4-3-9(14)7-10(11)13/h3-4,7H,5-6,8H2,1-2H3. The largest absolute Gasteiger partial charge is 0.373 e. The third kappa shape index (κ3) is 3.16. The summed E-state index contributed by atoms with van der Waals surface area (Å²) in [6.45, 7) is 4.61. The highest BCUT2D eigenvalue weighted by Crippen LogP contribution is 2.28. The molecule has 7 heteroatoms. The summed E-state index contributed by atoms with van der Waals surface area (Å²) in [7, 11) is -3.64. The lowest BCUT2D eigenvalue weighted by Gasteiger charge is -2.37. The molecule has 4 nitrogen and oxygen atoms in total. The van der Waals surface area contributed by atoms with E-state index in [0.29, 0.717) is 13.2 Å². The van der Waals surface area contributed by atoms with E-state index in [1.165, 1.54) is 10.4 Å². The zero-order chi connectivity index (χ0) is 14.3. The number of rotatable bonds is 2. The first-order valence-electron chi connectivity index (χ1n) is 5.81. The van der Waals surface area contributed by atoms with E-state index in [2.05, 4.69) is 15.9 Å². The number of halogens is 2. The fraction of sp³-hybridized carbons (Fsp3) is 0.500. The number of ether oxygens (including phenoxy) is 1. The number of benzene rings is 1. The molecule has 0 saturated carbocycles. The van der Waals surface area contributed by atoms with Gasteiger partial charge in [-0.05, 0) is 48.0 Å². The molecule has 1 heterocycles. The van der Waals surface area contributed by atoms with Crippen molar-refractivity contribution < 1.29 is 17.5 Å². The fourth-order valence-electron chi connectivity index (χ4n) is 2.00.